The number of hydrogen-bond donors (Lipinski definition) is 2. The smallest absolute Gasteiger partial charge is 0.172 e. The second-order valence-corrected chi connectivity index (χ2v) is 6.83. The van der Waals surface area contributed by atoms with Gasteiger partial charge in [-0.25, -0.2) is 4.98 Å². The minimum absolute atomic E-state index is 0.111. The molecule has 1 aromatic carbocycles. The number of pyridine rings is 1. The topological polar surface area (TPSA) is 46.2 Å². The van der Waals surface area contributed by atoms with Crippen LogP contribution in [0.3, 0.4) is 0 Å². The van der Waals surface area contributed by atoms with Crippen LogP contribution < -0.4 is 15.4 Å². The molecule has 0 spiro atoms. The van der Waals surface area contributed by atoms with Gasteiger partial charge in [-0.1, -0.05) is 24.3 Å². The summed E-state index contributed by atoms with van der Waals surface area (Å²) in [5, 5.41) is 7.13. The summed E-state index contributed by atoms with van der Waals surface area (Å²) >= 11 is 5.46. The molecule has 3 rings (SSSR count). The predicted octanol–water partition coefficient (Wildman–Crippen LogP) is 3.98. The number of benzene rings is 1. The zero-order valence-electron chi connectivity index (χ0n) is 13.6. The van der Waals surface area contributed by atoms with Crippen molar-refractivity contribution >= 4 is 23.1 Å². The molecule has 23 heavy (non-hydrogen) atoms. The Kier molecular flexibility index (Phi) is 4.22. The van der Waals surface area contributed by atoms with Gasteiger partial charge < -0.3 is 15.4 Å². The fraction of sp³-hybridized carbons (Fsp3) is 0.333. The summed E-state index contributed by atoms with van der Waals surface area (Å²) in [4.78, 5) is 4.42. The molecule has 0 unspecified atom stereocenters. The summed E-state index contributed by atoms with van der Waals surface area (Å²) in [5.41, 5.74) is 1.85. The van der Waals surface area contributed by atoms with E-state index >= 15 is 0 Å². The molecule has 0 fully saturated rings. The number of rotatable bonds is 2. The monoisotopic (exact) mass is 327 g/mol. The van der Waals surface area contributed by atoms with Crippen LogP contribution in [0.2, 0.25) is 0 Å². The van der Waals surface area contributed by atoms with Crippen molar-refractivity contribution in [2.45, 2.75) is 38.8 Å². The number of ether oxygens (including phenoxy) is 1. The third-order valence-corrected chi connectivity index (χ3v) is 4.03. The molecule has 2 heterocycles. The van der Waals surface area contributed by atoms with Gasteiger partial charge in [-0.3, -0.25) is 0 Å². The lowest BCUT2D eigenvalue weighted by Crippen LogP contribution is -2.42. The first kappa shape index (κ1) is 15.7. The van der Waals surface area contributed by atoms with E-state index in [1.807, 2.05) is 43.3 Å². The molecule has 0 bridgehead atoms. The molecule has 1 atom stereocenters. The average Bonchev–Trinajstić information content (AvgIpc) is 2.46. The number of hydrogen-bond acceptors (Lipinski definition) is 3. The normalized spacial score (nSPS) is 18.5. The molecule has 0 saturated heterocycles. The SMILES string of the molecule is Cc1cccc(NC(=S)N[C@@H]2CC(C)(C)Oc3ccccc32)n1. The van der Waals surface area contributed by atoms with E-state index in [1.54, 1.807) is 0 Å². The second-order valence-electron chi connectivity index (χ2n) is 6.42. The first-order valence-corrected chi connectivity index (χ1v) is 8.13. The van der Waals surface area contributed by atoms with E-state index in [4.69, 9.17) is 17.0 Å². The molecule has 4 nitrogen and oxygen atoms in total. The molecule has 0 amide bonds. The molecule has 1 aromatic heterocycles. The van der Waals surface area contributed by atoms with Crippen LogP contribution in [0.5, 0.6) is 5.75 Å². The van der Waals surface area contributed by atoms with E-state index < -0.39 is 0 Å². The van der Waals surface area contributed by atoms with Crippen molar-refractivity contribution in [2.75, 3.05) is 5.32 Å². The first-order valence-electron chi connectivity index (χ1n) is 7.72. The highest BCUT2D eigenvalue weighted by Crippen LogP contribution is 2.39. The molecule has 1 aliphatic heterocycles. The average molecular weight is 327 g/mol. The lowest BCUT2D eigenvalue weighted by atomic mass is 9.90. The maximum absolute atomic E-state index is 6.05. The van der Waals surface area contributed by atoms with Gasteiger partial charge in [0.15, 0.2) is 5.11 Å². The summed E-state index contributed by atoms with van der Waals surface area (Å²) in [5.74, 6) is 1.67. The minimum Gasteiger partial charge on any atom is -0.487 e. The minimum atomic E-state index is -0.233. The van der Waals surface area contributed by atoms with Crippen molar-refractivity contribution in [2.24, 2.45) is 0 Å². The lowest BCUT2D eigenvalue weighted by Gasteiger charge is -2.38. The molecule has 0 aliphatic carbocycles. The van der Waals surface area contributed by atoms with Crippen LogP contribution >= 0.6 is 12.2 Å². The lowest BCUT2D eigenvalue weighted by molar-refractivity contribution is 0.0697. The highest BCUT2D eigenvalue weighted by atomic mass is 32.1. The summed E-state index contributed by atoms with van der Waals surface area (Å²) in [6, 6.07) is 14.0. The van der Waals surface area contributed by atoms with Gasteiger partial charge in [0.05, 0.1) is 6.04 Å². The molecule has 0 radical (unpaired) electrons. The Morgan fingerprint density at radius 2 is 2.00 bits per heavy atom. The van der Waals surface area contributed by atoms with Crippen LogP contribution in [0.1, 0.15) is 37.6 Å². The highest BCUT2D eigenvalue weighted by molar-refractivity contribution is 7.80. The van der Waals surface area contributed by atoms with Crippen LogP contribution in [-0.2, 0) is 0 Å². The molecule has 120 valence electrons. The van der Waals surface area contributed by atoms with Crippen molar-refractivity contribution in [3.05, 3.63) is 53.7 Å². The zero-order valence-corrected chi connectivity index (χ0v) is 14.4. The maximum Gasteiger partial charge on any atom is 0.172 e. The second kappa shape index (κ2) is 6.16. The van der Waals surface area contributed by atoms with Crippen LogP contribution in [0.4, 0.5) is 5.82 Å². The third kappa shape index (κ3) is 3.79. The Morgan fingerprint density at radius 1 is 1.22 bits per heavy atom. The Labute approximate surface area is 142 Å². The van der Waals surface area contributed by atoms with E-state index in [2.05, 4.69) is 35.5 Å². The Morgan fingerprint density at radius 3 is 2.78 bits per heavy atom. The summed E-state index contributed by atoms with van der Waals surface area (Å²) in [6.45, 7) is 6.14. The number of para-hydroxylation sites is 1. The van der Waals surface area contributed by atoms with Gasteiger partial charge in [-0.2, -0.15) is 0 Å². The van der Waals surface area contributed by atoms with Crippen molar-refractivity contribution in [1.82, 2.24) is 10.3 Å². The van der Waals surface area contributed by atoms with Gasteiger partial charge in [0.25, 0.3) is 0 Å². The molecule has 2 aromatic rings. The van der Waals surface area contributed by atoms with Crippen LogP contribution in [-0.4, -0.2) is 15.7 Å². The number of nitrogens with zero attached hydrogens (tertiary/aromatic N) is 1. The quantitative estimate of drug-likeness (QED) is 0.817. The van der Waals surface area contributed by atoms with Crippen LogP contribution in [0.15, 0.2) is 42.5 Å². The molecular formula is C18H21N3OS. The van der Waals surface area contributed by atoms with Crippen LogP contribution in [0.25, 0.3) is 0 Å². The summed E-state index contributed by atoms with van der Waals surface area (Å²) in [7, 11) is 0. The molecule has 0 saturated carbocycles. The number of thiocarbonyl (C=S) groups is 1. The van der Waals surface area contributed by atoms with E-state index in [9.17, 15) is 0 Å². The van der Waals surface area contributed by atoms with Gasteiger partial charge in [-0.05, 0) is 51.2 Å². The van der Waals surface area contributed by atoms with Crippen molar-refractivity contribution < 1.29 is 4.74 Å². The Hall–Kier alpha value is -2.14. The summed E-state index contributed by atoms with van der Waals surface area (Å²) < 4.78 is 6.05. The molecular weight excluding hydrogens is 306 g/mol. The van der Waals surface area contributed by atoms with Crippen molar-refractivity contribution in [3.63, 3.8) is 0 Å². The van der Waals surface area contributed by atoms with Gasteiger partial charge in [0, 0.05) is 17.7 Å². The van der Waals surface area contributed by atoms with Gasteiger partial charge in [0.1, 0.15) is 17.2 Å². The summed E-state index contributed by atoms with van der Waals surface area (Å²) in [6.07, 6.45) is 0.840. The number of anilines is 1. The highest BCUT2D eigenvalue weighted by Gasteiger charge is 2.33. The van der Waals surface area contributed by atoms with E-state index in [-0.39, 0.29) is 11.6 Å². The number of aromatic nitrogens is 1. The van der Waals surface area contributed by atoms with Gasteiger partial charge in [0.2, 0.25) is 0 Å². The van der Waals surface area contributed by atoms with Crippen LogP contribution in [0, 0.1) is 6.92 Å². The van der Waals surface area contributed by atoms with Crippen molar-refractivity contribution in [3.8, 4) is 5.75 Å². The van der Waals surface area contributed by atoms with Gasteiger partial charge >= 0.3 is 0 Å². The molecule has 1 aliphatic rings. The number of aryl methyl sites for hydroxylation is 1. The Balaban J connectivity index is 1.75. The number of nitrogens with one attached hydrogen (secondary N) is 2. The largest absolute Gasteiger partial charge is 0.487 e. The van der Waals surface area contributed by atoms with Crippen molar-refractivity contribution in [1.29, 1.82) is 0 Å². The standard InChI is InChI=1S/C18H21N3OS/c1-12-7-6-10-16(19-12)21-17(23)20-14-11-18(2,3)22-15-9-5-4-8-13(14)15/h4-10,14H,11H2,1-3H3,(H2,19,20,21,23)/t14-/m1/s1. The fourth-order valence-corrected chi connectivity index (χ4v) is 3.10. The maximum atomic E-state index is 6.05. The molecule has 5 heteroatoms. The van der Waals surface area contributed by atoms with E-state index in [1.165, 1.54) is 0 Å². The Bertz CT molecular complexity index is 730. The molecule has 2 N–H and O–H groups in total. The van der Waals surface area contributed by atoms with E-state index in [0.29, 0.717) is 5.11 Å². The van der Waals surface area contributed by atoms with Gasteiger partial charge in [-0.15, -0.1) is 0 Å². The first-order chi connectivity index (χ1) is 10.9. The van der Waals surface area contributed by atoms with E-state index in [0.717, 1.165) is 29.2 Å². The third-order valence-electron chi connectivity index (χ3n) is 3.81. The zero-order chi connectivity index (χ0) is 16.4. The number of fused-ring (bicyclic) bond motifs is 1. The fourth-order valence-electron chi connectivity index (χ4n) is 2.85. The predicted molar refractivity (Wildman–Crippen MR) is 96.8 cm³/mol.